The molecule has 0 saturated carbocycles. The van der Waals surface area contributed by atoms with Crippen LogP contribution in [0.2, 0.25) is 0 Å². The number of hydrogen-bond acceptors (Lipinski definition) is 4. The Bertz CT molecular complexity index is 591. The molecule has 1 amide bonds. The Balaban J connectivity index is 0.00000338. The highest BCUT2D eigenvalue weighted by atomic mass is 35.5. The van der Waals surface area contributed by atoms with Gasteiger partial charge in [-0.25, -0.2) is 0 Å². The van der Waals surface area contributed by atoms with Crippen molar-refractivity contribution >= 4 is 24.0 Å². The van der Waals surface area contributed by atoms with Crippen LogP contribution >= 0.6 is 12.4 Å². The van der Waals surface area contributed by atoms with Crippen molar-refractivity contribution < 1.29 is 22.7 Å². The number of amides is 1. The van der Waals surface area contributed by atoms with Gasteiger partial charge in [-0.05, 0) is 31.0 Å². The van der Waals surface area contributed by atoms with Crippen LogP contribution in [0.5, 0.6) is 0 Å². The number of piperazine rings is 1. The summed E-state index contributed by atoms with van der Waals surface area (Å²) in [4.78, 5) is 16.5. The Hall–Kier alpha value is -1.51. The van der Waals surface area contributed by atoms with Crippen LogP contribution < -0.4 is 5.73 Å². The molecule has 1 fully saturated rings. The van der Waals surface area contributed by atoms with Crippen molar-refractivity contribution in [2.24, 2.45) is 0 Å². The smallest absolute Gasteiger partial charge is 0.399 e. The molecule has 1 aromatic carbocycles. The molecule has 0 atom stereocenters. The summed E-state index contributed by atoms with van der Waals surface area (Å²) in [7, 11) is 0. The summed E-state index contributed by atoms with van der Waals surface area (Å²) in [6.07, 6.45) is -3.73. The average molecular weight is 396 g/mol. The van der Waals surface area contributed by atoms with E-state index < -0.39 is 12.8 Å². The number of hydrogen-bond donors (Lipinski definition) is 1. The first-order valence-electron chi connectivity index (χ1n) is 8.28. The maximum atomic E-state index is 12.6. The zero-order valence-electron chi connectivity index (χ0n) is 14.7. The molecular weight excluding hydrogens is 371 g/mol. The Morgan fingerprint density at radius 3 is 2.50 bits per heavy atom. The number of nitrogens with two attached hydrogens (primary N) is 1. The van der Waals surface area contributed by atoms with Gasteiger partial charge in [0.2, 0.25) is 0 Å². The fraction of sp³-hybridized carbons (Fsp3) is 0.588. The van der Waals surface area contributed by atoms with Gasteiger partial charge < -0.3 is 15.4 Å². The van der Waals surface area contributed by atoms with E-state index in [9.17, 15) is 18.0 Å². The van der Waals surface area contributed by atoms with Crippen LogP contribution in [0.3, 0.4) is 0 Å². The number of halogens is 4. The van der Waals surface area contributed by atoms with Crippen molar-refractivity contribution in [3.8, 4) is 0 Å². The molecule has 148 valence electrons. The Labute approximate surface area is 157 Å². The van der Waals surface area contributed by atoms with E-state index in [1.807, 2.05) is 13.0 Å². The van der Waals surface area contributed by atoms with E-state index in [1.165, 1.54) is 0 Å². The van der Waals surface area contributed by atoms with Gasteiger partial charge in [0.05, 0.1) is 0 Å². The van der Waals surface area contributed by atoms with E-state index in [0.717, 1.165) is 5.56 Å². The lowest BCUT2D eigenvalue weighted by Gasteiger charge is -2.35. The fourth-order valence-electron chi connectivity index (χ4n) is 2.79. The molecule has 1 aliphatic rings. The quantitative estimate of drug-likeness (QED) is 0.594. The molecule has 1 aliphatic heterocycles. The van der Waals surface area contributed by atoms with Crippen LogP contribution in [-0.2, 0) is 4.74 Å². The third kappa shape index (κ3) is 7.01. The van der Waals surface area contributed by atoms with Crippen LogP contribution in [0.1, 0.15) is 22.3 Å². The minimum atomic E-state index is -4.27. The highest BCUT2D eigenvalue weighted by Crippen LogP contribution is 2.17. The molecule has 0 aliphatic carbocycles. The normalized spacial score (nSPS) is 15.6. The number of aryl methyl sites for hydroxylation is 1. The number of rotatable bonds is 6. The van der Waals surface area contributed by atoms with E-state index in [0.29, 0.717) is 50.4 Å². The van der Waals surface area contributed by atoms with Gasteiger partial charge in [-0.1, -0.05) is 6.07 Å². The van der Waals surface area contributed by atoms with Crippen molar-refractivity contribution in [1.82, 2.24) is 9.80 Å². The first-order valence-corrected chi connectivity index (χ1v) is 8.28. The number of nitrogen functional groups attached to an aromatic ring is 1. The lowest BCUT2D eigenvalue weighted by atomic mass is 10.1. The van der Waals surface area contributed by atoms with Gasteiger partial charge in [0.25, 0.3) is 5.91 Å². The first kappa shape index (κ1) is 22.5. The largest absolute Gasteiger partial charge is 0.411 e. The summed E-state index contributed by atoms with van der Waals surface area (Å²) in [6, 6.07) is 5.30. The van der Waals surface area contributed by atoms with E-state index >= 15 is 0 Å². The highest BCUT2D eigenvalue weighted by Gasteiger charge is 2.27. The van der Waals surface area contributed by atoms with E-state index in [2.05, 4.69) is 9.64 Å². The van der Waals surface area contributed by atoms with Gasteiger partial charge >= 0.3 is 6.18 Å². The van der Waals surface area contributed by atoms with Crippen LogP contribution in [0.25, 0.3) is 0 Å². The summed E-state index contributed by atoms with van der Waals surface area (Å²) in [5.41, 5.74) is 7.84. The summed E-state index contributed by atoms with van der Waals surface area (Å²) >= 11 is 0. The Kier molecular flexibility index (Phi) is 8.66. The maximum absolute atomic E-state index is 12.6. The van der Waals surface area contributed by atoms with Gasteiger partial charge in [-0.3, -0.25) is 9.69 Å². The first-order chi connectivity index (χ1) is 11.8. The maximum Gasteiger partial charge on any atom is 0.411 e. The van der Waals surface area contributed by atoms with Crippen molar-refractivity contribution in [1.29, 1.82) is 0 Å². The van der Waals surface area contributed by atoms with Gasteiger partial charge in [0.15, 0.2) is 0 Å². The van der Waals surface area contributed by atoms with Crippen LogP contribution in [0.4, 0.5) is 18.9 Å². The van der Waals surface area contributed by atoms with Gasteiger partial charge in [0, 0.05) is 50.6 Å². The number of carbonyl (C=O) groups excluding carboxylic acids is 1. The molecule has 26 heavy (non-hydrogen) atoms. The molecule has 0 aromatic heterocycles. The average Bonchev–Trinajstić information content (AvgIpc) is 2.56. The summed E-state index contributed by atoms with van der Waals surface area (Å²) in [6.45, 7) is 4.02. The number of nitrogens with zero attached hydrogens (tertiary/aromatic N) is 2. The van der Waals surface area contributed by atoms with E-state index in [1.54, 1.807) is 17.0 Å². The van der Waals surface area contributed by atoms with Gasteiger partial charge in [-0.15, -0.1) is 12.4 Å². The van der Waals surface area contributed by atoms with E-state index in [4.69, 9.17) is 5.73 Å². The molecule has 1 saturated heterocycles. The predicted molar refractivity (Wildman–Crippen MR) is 96.7 cm³/mol. The third-order valence-electron chi connectivity index (χ3n) is 4.18. The molecule has 0 spiro atoms. The molecule has 2 rings (SSSR count). The van der Waals surface area contributed by atoms with Gasteiger partial charge in [0.1, 0.15) is 6.61 Å². The van der Waals surface area contributed by atoms with Crippen LogP contribution in [0.15, 0.2) is 18.2 Å². The molecule has 2 N–H and O–H groups in total. The lowest BCUT2D eigenvalue weighted by molar-refractivity contribution is -0.174. The fourth-order valence-corrected chi connectivity index (χ4v) is 2.79. The van der Waals surface area contributed by atoms with Gasteiger partial charge in [-0.2, -0.15) is 13.2 Å². The second-order valence-electron chi connectivity index (χ2n) is 6.23. The molecule has 0 unspecified atom stereocenters. The summed E-state index contributed by atoms with van der Waals surface area (Å²) in [5.74, 6) is -0.0297. The number of benzene rings is 1. The second kappa shape index (κ2) is 9.99. The molecule has 1 aromatic rings. The predicted octanol–water partition coefficient (Wildman–Crippen LogP) is 2.73. The number of carbonyl (C=O) groups is 1. The van der Waals surface area contributed by atoms with Crippen molar-refractivity contribution in [3.63, 3.8) is 0 Å². The minimum Gasteiger partial charge on any atom is -0.399 e. The zero-order chi connectivity index (χ0) is 18.4. The number of alkyl halides is 3. The van der Waals surface area contributed by atoms with Crippen molar-refractivity contribution in [3.05, 3.63) is 29.3 Å². The standard InChI is InChI=1S/C17H24F3N3O2.ClH/c1-13-3-4-14(21)11-15(13)16(24)23-8-6-22(7-9-23)5-2-10-25-12-17(18,19)20;/h3-4,11H,2,5-10,12,21H2,1H3;1H. The SMILES string of the molecule is Cc1ccc(N)cc1C(=O)N1CCN(CCCOCC(F)(F)F)CC1.Cl. The highest BCUT2D eigenvalue weighted by molar-refractivity contribution is 5.96. The van der Waals surface area contributed by atoms with Crippen molar-refractivity contribution in [2.75, 3.05) is 51.7 Å². The Morgan fingerprint density at radius 1 is 1.23 bits per heavy atom. The summed E-state index contributed by atoms with van der Waals surface area (Å²) < 4.78 is 40.5. The Morgan fingerprint density at radius 2 is 1.88 bits per heavy atom. The van der Waals surface area contributed by atoms with Crippen LogP contribution in [-0.4, -0.2) is 67.8 Å². The molecule has 9 heteroatoms. The minimum absolute atomic E-state index is 0. The third-order valence-corrected chi connectivity index (χ3v) is 4.18. The molecule has 1 heterocycles. The summed E-state index contributed by atoms with van der Waals surface area (Å²) in [5, 5.41) is 0. The number of anilines is 1. The monoisotopic (exact) mass is 395 g/mol. The molecule has 0 bridgehead atoms. The lowest BCUT2D eigenvalue weighted by Crippen LogP contribution is -2.49. The van der Waals surface area contributed by atoms with E-state index in [-0.39, 0.29) is 24.9 Å². The van der Waals surface area contributed by atoms with Crippen LogP contribution in [0, 0.1) is 6.92 Å². The number of ether oxygens (including phenoxy) is 1. The molecule has 5 nitrogen and oxygen atoms in total. The molecular formula is C17H25ClF3N3O2. The second-order valence-corrected chi connectivity index (χ2v) is 6.23. The zero-order valence-corrected chi connectivity index (χ0v) is 15.5. The molecule has 0 radical (unpaired) electrons. The topological polar surface area (TPSA) is 58.8 Å². The van der Waals surface area contributed by atoms with Crippen molar-refractivity contribution in [2.45, 2.75) is 19.5 Å².